The van der Waals surface area contributed by atoms with Crippen LogP contribution in [0.4, 0.5) is 5.69 Å². The molecule has 1 amide bonds. The zero-order chi connectivity index (χ0) is 22.8. The number of amides is 1. The van der Waals surface area contributed by atoms with Crippen molar-refractivity contribution < 1.29 is 14.3 Å². The largest absolute Gasteiger partial charge is 0.490 e. The van der Waals surface area contributed by atoms with Crippen molar-refractivity contribution in [1.29, 1.82) is 0 Å². The van der Waals surface area contributed by atoms with Gasteiger partial charge in [0.1, 0.15) is 17.1 Å². The van der Waals surface area contributed by atoms with Crippen LogP contribution in [-0.2, 0) is 10.2 Å². The third-order valence-corrected chi connectivity index (χ3v) is 6.77. The highest BCUT2D eigenvalue weighted by molar-refractivity contribution is 6.07. The number of anilines is 1. The number of nitrogens with one attached hydrogen (secondary N) is 1. The molecule has 9 nitrogen and oxygen atoms in total. The molecule has 0 spiro atoms. The number of rotatable bonds is 5. The Morgan fingerprint density at radius 1 is 1.30 bits per heavy atom. The van der Waals surface area contributed by atoms with E-state index in [0.717, 1.165) is 30.6 Å². The SMILES string of the molecule is CC(C)Oc1cc2nc([C@@]34CC[C@@](C)(C3)OC4)cn2cc1C(=O)Nc1cnn2cccnc12. The highest BCUT2D eigenvalue weighted by Crippen LogP contribution is 2.53. The van der Waals surface area contributed by atoms with Crippen molar-refractivity contribution in [2.45, 2.75) is 57.2 Å². The fourth-order valence-corrected chi connectivity index (χ4v) is 5.15. The maximum atomic E-state index is 13.3. The van der Waals surface area contributed by atoms with E-state index in [-0.39, 0.29) is 23.0 Å². The summed E-state index contributed by atoms with van der Waals surface area (Å²) in [5, 5.41) is 7.17. The lowest BCUT2D eigenvalue weighted by atomic mass is 9.84. The molecule has 1 N–H and O–H groups in total. The van der Waals surface area contributed by atoms with Crippen LogP contribution < -0.4 is 10.1 Å². The molecular formula is C24H26N6O3. The standard InChI is InChI=1S/C24H26N6O3/c1-15(2)33-18-9-20-28-19(24-6-5-23(3,13-24)32-14-24)12-29(20)11-16(18)22(31)27-17-10-26-30-8-4-7-25-21(17)30/h4,7-12,15H,5-6,13-14H2,1-3H3,(H,27,31)/t23-,24-/m0/s1. The average Bonchev–Trinajstić information content (AvgIpc) is 3.54. The van der Waals surface area contributed by atoms with Crippen LogP contribution in [-0.4, -0.2) is 48.2 Å². The Kier molecular flexibility index (Phi) is 4.29. The molecular weight excluding hydrogens is 420 g/mol. The predicted molar refractivity (Wildman–Crippen MR) is 122 cm³/mol. The Hall–Kier alpha value is -3.46. The molecule has 4 aromatic heterocycles. The number of hydrogen-bond acceptors (Lipinski definition) is 6. The van der Waals surface area contributed by atoms with Gasteiger partial charge in [-0.2, -0.15) is 5.10 Å². The minimum absolute atomic E-state index is 0.0465. The zero-order valence-corrected chi connectivity index (χ0v) is 18.9. The maximum Gasteiger partial charge on any atom is 0.261 e. The molecule has 1 aliphatic heterocycles. The fourth-order valence-electron chi connectivity index (χ4n) is 5.15. The van der Waals surface area contributed by atoms with E-state index < -0.39 is 0 Å². The van der Waals surface area contributed by atoms with E-state index in [2.05, 4.69) is 22.3 Å². The molecule has 9 heteroatoms. The van der Waals surface area contributed by atoms with Gasteiger partial charge < -0.3 is 19.2 Å². The first-order valence-corrected chi connectivity index (χ1v) is 11.3. The van der Waals surface area contributed by atoms with E-state index in [1.54, 1.807) is 35.4 Å². The molecule has 2 fully saturated rings. The number of carbonyl (C=O) groups is 1. The summed E-state index contributed by atoms with van der Waals surface area (Å²) < 4.78 is 15.6. The summed E-state index contributed by atoms with van der Waals surface area (Å²) in [6.45, 7) is 6.75. The first-order valence-electron chi connectivity index (χ1n) is 11.3. The summed E-state index contributed by atoms with van der Waals surface area (Å²) in [4.78, 5) is 22.6. The number of aromatic nitrogens is 5. The Morgan fingerprint density at radius 3 is 2.91 bits per heavy atom. The van der Waals surface area contributed by atoms with Crippen molar-refractivity contribution in [3.05, 3.63) is 54.4 Å². The molecule has 0 radical (unpaired) electrons. The summed E-state index contributed by atoms with van der Waals surface area (Å²) in [6.07, 6.45) is 11.9. The molecule has 5 heterocycles. The van der Waals surface area contributed by atoms with E-state index >= 15 is 0 Å². The Bertz CT molecular complexity index is 1380. The summed E-state index contributed by atoms with van der Waals surface area (Å²) in [7, 11) is 0. The molecule has 33 heavy (non-hydrogen) atoms. The van der Waals surface area contributed by atoms with Gasteiger partial charge in [-0.15, -0.1) is 0 Å². The fraction of sp³-hybridized carbons (Fsp3) is 0.417. The van der Waals surface area contributed by atoms with Crippen LogP contribution >= 0.6 is 0 Å². The van der Waals surface area contributed by atoms with Gasteiger partial charge in [0.15, 0.2) is 5.65 Å². The van der Waals surface area contributed by atoms with Crippen molar-refractivity contribution in [2.24, 2.45) is 0 Å². The average molecular weight is 447 g/mol. The van der Waals surface area contributed by atoms with Crippen molar-refractivity contribution >= 4 is 22.9 Å². The highest BCUT2D eigenvalue weighted by atomic mass is 16.5. The van der Waals surface area contributed by atoms with Crippen molar-refractivity contribution in [2.75, 3.05) is 11.9 Å². The minimum Gasteiger partial charge on any atom is -0.490 e. The molecule has 170 valence electrons. The molecule has 1 saturated carbocycles. The second kappa shape index (κ2) is 7.02. The third-order valence-electron chi connectivity index (χ3n) is 6.77. The summed E-state index contributed by atoms with van der Waals surface area (Å²) >= 11 is 0. The van der Waals surface area contributed by atoms with Crippen molar-refractivity contribution in [1.82, 2.24) is 24.0 Å². The monoisotopic (exact) mass is 446 g/mol. The number of ether oxygens (including phenoxy) is 2. The van der Waals surface area contributed by atoms with Gasteiger partial charge in [-0.1, -0.05) is 0 Å². The van der Waals surface area contributed by atoms with Crippen molar-refractivity contribution in [3.8, 4) is 5.75 Å². The van der Waals surface area contributed by atoms with E-state index in [1.165, 1.54) is 0 Å². The number of pyridine rings is 1. The number of imidazole rings is 1. The van der Waals surface area contributed by atoms with Crippen LogP contribution in [0.25, 0.3) is 11.3 Å². The second-order valence-corrected chi connectivity index (χ2v) is 9.71. The lowest BCUT2D eigenvalue weighted by molar-refractivity contribution is -0.00627. The first-order chi connectivity index (χ1) is 15.8. The summed E-state index contributed by atoms with van der Waals surface area (Å²) in [5.74, 6) is 0.201. The molecule has 0 unspecified atom stereocenters. The van der Waals surface area contributed by atoms with Crippen LogP contribution in [0, 0.1) is 0 Å². The molecule has 4 aromatic rings. The maximum absolute atomic E-state index is 13.3. The van der Waals surface area contributed by atoms with E-state index in [4.69, 9.17) is 14.5 Å². The lowest BCUT2D eigenvalue weighted by Gasteiger charge is -2.24. The molecule has 1 saturated heterocycles. The Balaban J connectivity index is 1.39. The highest BCUT2D eigenvalue weighted by Gasteiger charge is 2.55. The van der Waals surface area contributed by atoms with Crippen molar-refractivity contribution in [3.63, 3.8) is 0 Å². The molecule has 6 rings (SSSR count). The quantitative estimate of drug-likeness (QED) is 0.503. The summed E-state index contributed by atoms with van der Waals surface area (Å²) in [6, 6.07) is 3.62. The molecule has 0 aromatic carbocycles. The van der Waals surface area contributed by atoms with Gasteiger partial charge in [0.25, 0.3) is 5.91 Å². The van der Waals surface area contributed by atoms with Gasteiger partial charge in [-0.3, -0.25) is 4.79 Å². The van der Waals surface area contributed by atoms with Crippen LogP contribution in [0.3, 0.4) is 0 Å². The number of nitrogens with zero attached hydrogens (tertiary/aromatic N) is 5. The van der Waals surface area contributed by atoms with E-state index in [9.17, 15) is 4.79 Å². The topological polar surface area (TPSA) is 95.0 Å². The van der Waals surface area contributed by atoms with Gasteiger partial charge in [0.2, 0.25) is 0 Å². The summed E-state index contributed by atoms with van der Waals surface area (Å²) in [5.41, 5.74) is 3.21. The van der Waals surface area contributed by atoms with E-state index in [0.29, 0.717) is 29.3 Å². The molecule has 1 aliphatic carbocycles. The smallest absolute Gasteiger partial charge is 0.261 e. The number of fused-ring (bicyclic) bond motifs is 4. The molecule has 2 bridgehead atoms. The van der Waals surface area contributed by atoms with Gasteiger partial charge in [0.05, 0.1) is 35.8 Å². The van der Waals surface area contributed by atoms with Gasteiger partial charge in [0, 0.05) is 36.3 Å². The minimum atomic E-state index is -0.292. The number of carbonyl (C=O) groups excluding carboxylic acids is 1. The van der Waals surface area contributed by atoms with Crippen LogP contribution in [0.15, 0.2) is 43.1 Å². The normalized spacial score (nSPS) is 24.2. The van der Waals surface area contributed by atoms with Gasteiger partial charge >= 0.3 is 0 Å². The van der Waals surface area contributed by atoms with Crippen LogP contribution in [0.1, 0.15) is 56.1 Å². The molecule has 2 aliphatic rings. The Labute approximate surface area is 190 Å². The van der Waals surface area contributed by atoms with Gasteiger partial charge in [-0.05, 0) is 46.1 Å². The first kappa shape index (κ1) is 20.2. The predicted octanol–water partition coefficient (Wildman–Crippen LogP) is 3.63. The Morgan fingerprint density at radius 2 is 2.18 bits per heavy atom. The second-order valence-electron chi connectivity index (χ2n) is 9.71. The van der Waals surface area contributed by atoms with Crippen LogP contribution in [0.2, 0.25) is 0 Å². The number of hydrogen-bond donors (Lipinski definition) is 1. The molecule has 2 atom stereocenters. The van der Waals surface area contributed by atoms with Crippen LogP contribution in [0.5, 0.6) is 5.75 Å². The third kappa shape index (κ3) is 3.26. The van der Waals surface area contributed by atoms with Gasteiger partial charge in [-0.25, -0.2) is 14.5 Å². The zero-order valence-electron chi connectivity index (χ0n) is 18.9. The lowest BCUT2D eigenvalue weighted by Crippen LogP contribution is -2.26. The van der Waals surface area contributed by atoms with E-state index in [1.807, 2.05) is 30.5 Å².